The molecule has 1 heterocycles. The van der Waals surface area contributed by atoms with E-state index >= 15 is 0 Å². The van der Waals surface area contributed by atoms with Crippen molar-refractivity contribution in [1.29, 1.82) is 0 Å². The number of hydrogen-bond donors (Lipinski definition) is 1. The molecule has 1 atom stereocenters. The third-order valence-electron chi connectivity index (χ3n) is 2.58. The minimum atomic E-state index is -0.387. The van der Waals surface area contributed by atoms with Gasteiger partial charge in [-0.15, -0.1) is 0 Å². The molecule has 80 valence electrons. The minimum Gasteiger partial charge on any atom is -0.362 e. The minimum absolute atomic E-state index is 0.111. The van der Waals surface area contributed by atoms with Gasteiger partial charge in [0.15, 0.2) is 0 Å². The number of methoxy groups -OCH3 is 1. The average molecular weight is 208 g/mol. The Hall–Kier alpha value is -1.46. The second-order valence-corrected chi connectivity index (χ2v) is 3.46. The molecule has 0 bridgehead atoms. The van der Waals surface area contributed by atoms with Crippen LogP contribution in [0.4, 0.5) is 5.69 Å². The predicted octanol–water partition coefficient (Wildman–Crippen LogP) is 1.39. The molecule has 0 amide bonds. The number of ether oxygens (including phenoxy) is 1. The summed E-state index contributed by atoms with van der Waals surface area (Å²) in [5.41, 5.74) is 2.10. The Balaban J connectivity index is 2.43. The number of nitro groups is 1. The molecule has 15 heavy (non-hydrogen) atoms. The fraction of sp³-hybridized carbons (Fsp3) is 0.400. The number of nitro benzene ring substituents is 1. The first-order chi connectivity index (χ1) is 7.22. The van der Waals surface area contributed by atoms with Crippen LogP contribution >= 0.6 is 0 Å². The maximum Gasteiger partial charge on any atom is 0.269 e. The molecule has 0 fully saturated rings. The van der Waals surface area contributed by atoms with Crippen LogP contribution in [-0.4, -0.2) is 18.6 Å². The van der Waals surface area contributed by atoms with E-state index in [9.17, 15) is 10.1 Å². The molecule has 0 aromatic heterocycles. The van der Waals surface area contributed by atoms with Crippen LogP contribution < -0.4 is 5.32 Å². The van der Waals surface area contributed by atoms with Crippen LogP contribution in [0.1, 0.15) is 17.4 Å². The van der Waals surface area contributed by atoms with Crippen molar-refractivity contribution in [2.24, 2.45) is 0 Å². The van der Waals surface area contributed by atoms with E-state index in [2.05, 4.69) is 5.32 Å². The Kier molecular flexibility index (Phi) is 2.66. The number of nitrogens with one attached hydrogen (secondary N) is 1. The van der Waals surface area contributed by atoms with E-state index in [1.165, 1.54) is 6.07 Å². The van der Waals surface area contributed by atoms with Crippen molar-refractivity contribution < 1.29 is 9.66 Å². The molecule has 1 N–H and O–H groups in total. The van der Waals surface area contributed by atoms with Crippen molar-refractivity contribution in [3.63, 3.8) is 0 Å². The van der Waals surface area contributed by atoms with Crippen LogP contribution in [-0.2, 0) is 11.2 Å². The van der Waals surface area contributed by atoms with Crippen molar-refractivity contribution in [3.8, 4) is 0 Å². The summed E-state index contributed by atoms with van der Waals surface area (Å²) in [6, 6.07) is 4.92. The molecular weight excluding hydrogens is 196 g/mol. The lowest BCUT2D eigenvalue weighted by Crippen LogP contribution is -2.30. The van der Waals surface area contributed by atoms with Crippen LogP contribution in [0.25, 0.3) is 0 Å². The molecular formula is C10H12N2O3. The summed E-state index contributed by atoms with van der Waals surface area (Å²) in [4.78, 5) is 10.2. The summed E-state index contributed by atoms with van der Waals surface area (Å²) in [6.07, 6.45) is 0.654. The molecule has 1 aliphatic heterocycles. The maximum absolute atomic E-state index is 10.6. The van der Waals surface area contributed by atoms with Crippen molar-refractivity contribution in [2.75, 3.05) is 13.7 Å². The number of hydrogen-bond acceptors (Lipinski definition) is 4. The van der Waals surface area contributed by atoms with Gasteiger partial charge >= 0.3 is 0 Å². The first-order valence-corrected chi connectivity index (χ1v) is 4.76. The third kappa shape index (κ3) is 1.84. The quantitative estimate of drug-likeness (QED) is 0.589. The second kappa shape index (κ2) is 3.96. The van der Waals surface area contributed by atoms with Crippen molar-refractivity contribution in [3.05, 3.63) is 39.4 Å². The van der Waals surface area contributed by atoms with Gasteiger partial charge in [0.25, 0.3) is 5.69 Å². The fourth-order valence-electron chi connectivity index (χ4n) is 1.83. The third-order valence-corrected chi connectivity index (χ3v) is 2.58. The van der Waals surface area contributed by atoms with Crippen LogP contribution in [0.15, 0.2) is 18.2 Å². The standard InChI is InChI=1S/C10H12N2O3/c1-15-10-9-6-8(12(13)14)3-2-7(9)4-5-11-10/h2-3,6,10-11H,4-5H2,1H3. The largest absolute Gasteiger partial charge is 0.362 e. The van der Waals surface area contributed by atoms with Crippen molar-refractivity contribution >= 4 is 5.69 Å². The first kappa shape index (κ1) is 10.1. The summed E-state index contributed by atoms with van der Waals surface area (Å²) in [6.45, 7) is 0.837. The Morgan fingerprint density at radius 3 is 3.07 bits per heavy atom. The lowest BCUT2D eigenvalue weighted by atomic mass is 9.99. The van der Waals surface area contributed by atoms with E-state index in [1.807, 2.05) is 0 Å². The Morgan fingerprint density at radius 2 is 2.40 bits per heavy atom. The summed E-state index contributed by atoms with van der Waals surface area (Å²) >= 11 is 0. The highest BCUT2D eigenvalue weighted by Crippen LogP contribution is 2.27. The summed E-state index contributed by atoms with van der Waals surface area (Å²) < 4.78 is 5.22. The van der Waals surface area contributed by atoms with E-state index < -0.39 is 0 Å². The molecule has 0 saturated carbocycles. The highest BCUT2D eigenvalue weighted by atomic mass is 16.6. The SMILES string of the molecule is COC1NCCc2ccc([N+](=O)[O-])cc21. The normalized spacial score (nSPS) is 19.7. The number of rotatable bonds is 2. The topological polar surface area (TPSA) is 64.4 Å². The second-order valence-electron chi connectivity index (χ2n) is 3.46. The van der Waals surface area contributed by atoms with Crippen LogP contribution in [0.3, 0.4) is 0 Å². The van der Waals surface area contributed by atoms with E-state index in [0.717, 1.165) is 24.1 Å². The van der Waals surface area contributed by atoms with Gasteiger partial charge in [0.2, 0.25) is 0 Å². The molecule has 0 radical (unpaired) electrons. The first-order valence-electron chi connectivity index (χ1n) is 4.76. The van der Waals surface area contributed by atoms with Crippen molar-refractivity contribution in [2.45, 2.75) is 12.6 Å². The maximum atomic E-state index is 10.6. The number of fused-ring (bicyclic) bond motifs is 1. The average Bonchev–Trinajstić information content (AvgIpc) is 2.27. The summed E-state index contributed by atoms with van der Waals surface area (Å²) in [5.74, 6) is 0. The van der Waals surface area contributed by atoms with Crippen LogP contribution in [0.2, 0.25) is 0 Å². The Bertz CT molecular complexity index is 392. The van der Waals surface area contributed by atoms with Gasteiger partial charge in [0.1, 0.15) is 6.23 Å². The smallest absolute Gasteiger partial charge is 0.269 e. The van der Waals surface area contributed by atoms with Gasteiger partial charge in [-0.05, 0) is 12.0 Å². The van der Waals surface area contributed by atoms with E-state index in [0.29, 0.717) is 0 Å². The molecule has 0 saturated heterocycles. The zero-order chi connectivity index (χ0) is 10.8. The van der Waals surface area contributed by atoms with Crippen LogP contribution in [0.5, 0.6) is 0 Å². The number of non-ortho nitro benzene ring substituents is 1. The van der Waals surface area contributed by atoms with E-state index in [-0.39, 0.29) is 16.8 Å². The lowest BCUT2D eigenvalue weighted by molar-refractivity contribution is -0.385. The summed E-state index contributed by atoms with van der Waals surface area (Å²) in [7, 11) is 1.59. The molecule has 2 rings (SSSR count). The van der Waals surface area contributed by atoms with E-state index in [4.69, 9.17) is 4.74 Å². The van der Waals surface area contributed by atoms with Gasteiger partial charge in [-0.1, -0.05) is 6.07 Å². The number of benzene rings is 1. The van der Waals surface area contributed by atoms with Gasteiger partial charge < -0.3 is 4.74 Å². The molecule has 1 unspecified atom stereocenters. The molecule has 1 aromatic rings. The van der Waals surface area contributed by atoms with Gasteiger partial charge in [0.05, 0.1) is 4.92 Å². The van der Waals surface area contributed by atoms with Gasteiger partial charge in [-0.2, -0.15) is 0 Å². The summed E-state index contributed by atoms with van der Waals surface area (Å²) in [5, 5.41) is 13.8. The van der Waals surface area contributed by atoms with Crippen LogP contribution in [0, 0.1) is 10.1 Å². The van der Waals surface area contributed by atoms with Gasteiger partial charge in [-0.25, -0.2) is 0 Å². The van der Waals surface area contributed by atoms with E-state index in [1.54, 1.807) is 19.2 Å². The lowest BCUT2D eigenvalue weighted by Gasteiger charge is -2.25. The Morgan fingerprint density at radius 1 is 1.60 bits per heavy atom. The van der Waals surface area contributed by atoms with Crippen molar-refractivity contribution in [1.82, 2.24) is 5.32 Å². The van der Waals surface area contributed by atoms with Gasteiger partial charge in [0, 0.05) is 31.4 Å². The highest BCUT2D eigenvalue weighted by Gasteiger charge is 2.21. The predicted molar refractivity (Wildman–Crippen MR) is 54.6 cm³/mol. The highest BCUT2D eigenvalue weighted by molar-refractivity contribution is 5.42. The number of nitrogens with zero attached hydrogens (tertiary/aromatic N) is 1. The fourth-order valence-corrected chi connectivity index (χ4v) is 1.83. The molecule has 0 aliphatic carbocycles. The Labute approximate surface area is 87.2 Å². The zero-order valence-corrected chi connectivity index (χ0v) is 8.40. The molecule has 1 aromatic carbocycles. The molecule has 5 heteroatoms. The zero-order valence-electron chi connectivity index (χ0n) is 8.40. The molecule has 0 spiro atoms. The molecule has 1 aliphatic rings. The van der Waals surface area contributed by atoms with Gasteiger partial charge in [-0.3, -0.25) is 15.4 Å². The molecule has 5 nitrogen and oxygen atoms in total. The monoisotopic (exact) mass is 208 g/mol.